The summed E-state index contributed by atoms with van der Waals surface area (Å²) in [5.41, 5.74) is 0.705. The molecule has 7 heteroatoms. The summed E-state index contributed by atoms with van der Waals surface area (Å²) in [5.74, 6) is -0.500. The summed E-state index contributed by atoms with van der Waals surface area (Å²) in [6.45, 7) is 0. The van der Waals surface area contributed by atoms with E-state index in [0.717, 1.165) is 12.8 Å². The zero-order chi connectivity index (χ0) is 12.0. The molecule has 3 rings (SSSR count). The van der Waals surface area contributed by atoms with Gasteiger partial charge in [0.15, 0.2) is 21.9 Å². The number of halogens is 3. The van der Waals surface area contributed by atoms with Crippen molar-refractivity contribution in [3.8, 4) is 11.5 Å². The Kier molecular flexibility index (Phi) is 2.52. The standard InChI is InChI=1S/C10H7Cl2FN4/c11-8-7(13)9(12)16-10(15-8)6-3-14-4-17(6)5-1-2-5/h3-5H,1-2H2. The molecule has 0 aromatic carbocycles. The van der Waals surface area contributed by atoms with Crippen LogP contribution in [0, 0.1) is 5.82 Å². The molecule has 0 amide bonds. The summed E-state index contributed by atoms with van der Waals surface area (Å²) in [6.07, 6.45) is 5.54. The molecule has 0 radical (unpaired) electrons. The lowest BCUT2D eigenvalue weighted by Crippen LogP contribution is -2.00. The average molecular weight is 273 g/mol. The van der Waals surface area contributed by atoms with Crippen LogP contribution in [0.2, 0.25) is 10.3 Å². The van der Waals surface area contributed by atoms with Gasteiger partial charge in [-0.1, -0.05) is 23.2 Å². The molecular formula is C10H7Cl2FN4. The fourth-order valence-corrected chi connectivity index (χ4v) is 2.02. The predicted molar refractivity (Wildman–Crippen MR) is 61.5 cm³/mol. The topological polar surface area (TPSA) is 43.6 Å². The number of hydrogen-bond acceptors (Lipinski definition) is 3. The lowest BCUT2D eigenvalue weighted by molar-refractivity contribution is 0.614. The third-order valence-corrected chi connectivity index (χ3v) is 3.11. The van der Waals surface area contributed by atoms with Crippen molar-refractivity contribution in [2.45, 2.75) is 18.9 Å². The van der Waals surface area contributed by atoms with Gasteiger partial charge in [-0.3, -0.25) is 0 Å². The van der Waals surface area contributed by atoms with Crippen molar-refractivity contribution >= 4 is 23.2 Å². The molecule has 0 bridgehead atoms. The van der Waals surface area contributed by atoms with Gasteiger partial charge < -0.3 is 4.57 Å². The first-order chi connectivity index (χ1) is 8.16. The Labute approximate surface area is 106 Å². The summed E-state index contributed by atoms with van der Waals surface area (Å²) in [7, 11) is 0. The molecule has 17 heavy (non-hydrogen) atoms. The van der Waals surface area contributed by atoms with Gasteiger partial charge in [-0.05, 0) is 12.8 Å². The van der Waals surface area contributed by atoms with Crippen LogP contribution in [0.4, 0.5) is 4.39 Å². The zero-order valence-electron chi connectivity index (χ0n) is 8.57. The SMILES string of the molecule is Fc1c(Cl)nc(-c2cncn2C2CC2)nc1Cl. The fourth-order valence-electron chi connectivity index (χ4n) is 1.63. The smallest absolute Gasteiger partial charge is 0.197 e. The van der Waals surface area contributed by atoms with Crippen LogP contribution in [0.5, 0.6) is 0 Å². The Bertz CT molecular complexity index is 556. The highest BCUT2D eigenvalue weighted by Crippen LogP contribution is 2.38. The third-order valence-electron chi connectivity index (χ3n) is 2.61. The molecule has 88 valence electrons. The van der Waals surface area contributed by atoms with Crippen molar-refractivity contribution in [1.29, 1.82) is 0 Å². The van der Waals surface area contributed by atoms with Gasteiger partial charge >= 0.3 is 0 Å². The number of imidazole rings is 1. The lowest BCUT2D eigenvalue weighted by atomic mass is 10.4. The Balaban J connectivity index is 2.11. The Morgan fingerprint density at radius 3 is 2.47 bits per heavy atom. The van der Waals surface area contributed by atoms with Gasteiger partial charge in [0.2, 0.25) is 0 Å². The molecule has 1 saturated carbocycles. The number of rotatable bonds is 2. The first-order valence-corrected chi connectivity index (χ1v) is 5.83. The van der Waals surface area contributed by atoms with E-state index in [2.05, 4.69) is 15.0 Å². The molecule has 0 atom stereocenters. The monoisotopic (exact) mass is 272 g/mol. The van der Waals surface area contributed by atoms with Crippen LogP contribution in [0.25, 0.3) is 11.5 Å². The van der Waals surface area contributed by atoms with Gasteiger partial charge in [-0.25, -0.2) is 19.3 Å². The van der Waals surface area contributed by atoms with Gasteiger partial charge in [0, 0.05) is 6.04 Å². The molecule has 0 saturated heterocycles. The van der Waals surface area contributed by atoms with Crippen LogP contribution >= 0.6 is 23.2 Å². The molecule has 0 unspecified atom stereocenters. The van der Waals surface area contributed by atoms with Crippen molar-refractivity contribution in [1.82, 2.24) is 19.5 Å². The highest BCUT2D eigenvalue weighted by molar-refractivity contribution is 6.33. The minimum Gasteiger partial charge on any atom is -0.325 e. The van der Waals surface area contributed by atoms with Crippen molar-refractivity contribution in [3.63, 3.8) is 0 Å². The zero-order valence-corrected chi connectivity index (χ0v) is 10.1. The maximum Gasteiger partial charge on any atom is 0.197 e. The van der Waals surface area contributed by atoms with Crippen molar-refractivity contribution in [3.05, 3.63) is 28.6 Å². The molecule has 0 spiro atoms. The quantitative estimate of drug-likeness (QED) is 0.789. The van der Waals surface area contributed by atoms with Gasteiger partial charge in [0.1, 0.15) is 5.69 Å². The molecule has 2 aromatic heterocycles. The molecule has 1 aliphatic carbocycles. The fraction of sp³-hybridized carbons (Fsp3) is 0.300. The highest BCUT2D eigenvalue weighted by atomic mass is 35.5. The predicted octanol–water partition coefficient (Wildman–Crippen LogP) is 3.12. The maximum absolute atomic E-state index is 13.2. The van der Waals surface area contributed by atoms with Crippen LogP contribution in [-0.4, -0.2) is 19.5 Å². The Morgan fingerprint density at radius 1 is 1.24 bits per heavy atom. The van der Waals surface area contributed by atoms with E-state index in [9.17, 15) is 4.39 Å². The Morgan fingerprint density at radius 2 is 1.88 bits per heavy atom. The molecule has 0 N–H and O–H groups in total. The number of nitrogens with zero attached hydrogens (tertiary/aromatic N) is 4. The molecular weight excluding hydrogens is 266 g/mol. The van der Waals surface area contributed by atoms with E-state index in [4.69, 9.17) is 23.2 Å². The van der Waals surface area contributed by atoms with E-state index in [-0.39, 0.29) is 10.3 Å². The molecule has 2 heterocycles. The number of aromatic nitrogens is 4. The van der Waals surface area contributed by atoms with E-state index in [1.54, 1.807) is 12.5 Å². The van der Waals surface area contributed by atoms with Crippen molar-refractivity contribution in [2.75, 3.05) is 0 Å². The second-order valence-electron chi connectivity index (χ2n) is 3.86. The third kappa shape index (κ3) is 1.89. The highest BCUT2D eigenvalue weighted by Gasteiger charge is 2.27. The lowest BCUT2D eigenvalue weighted by Gasteiger charge is -2.06. The minimum absolute atomic E-state index is 0.274. The molecule has 1 fully saturated rings. The van der Waals surface area contributed by atoms with Gasteiger partial charge in [0.05, 0.1) is 12.5 Å². The van der Waals surface area contributed by atoms with Crippen molar-refractivity contribution < 1.29 is 4.39 Å². The maximum atomic E-state index is 13.2. The van der Waals surface area contributed by atoms with Gasteiger partial charge in [-0.2, -0.15) is 0 Å². The van der Waals surface area contributed by atoms with Crippen molar-refractivity contribution in [2.24, 2.45) is 0 Å². The minimum atomic E-state index is -0.797. The largest absolute Gasteiger partial charge is 0.325 e. The Hall–Kier alpha value is -1.20. The van der Waals surface area contributed by atoms with E-state index in [1.807, 2.05) is 4.57 Å². The first kappa shape index (κ1) is 10.9. The van der Waals surface area contributed by atoms with E-state index < -0.39 is 5.82 Å². The summed E-state index contributed by atoms with van der Waals surface area (Å²) in [5, 5.41) is -0.549. The van der Waals surface area contributed by atoms with Crippen LogP contribution in [-0.2, 0) is 0 Å². The number of hydrogen-bond donors (Lipinski definition) is 0. The van der Waals surface area contributed by atoms with Gasteiger partial charge in [-0.15, -0.1) is 0 Å². The van der Waals surface area contributed by atoms with E-state index in [0.29, 0.717) is 17.6 Å². The second-order valence-corrected chi connectivity index (χ2v) is 4.58. The van der Waals surface area contributed by atoms with Crippen LogP contribution in [0.3, 0.4) is 0 Å². The van der Waals surface area contributed by atoms with Gasteiger partial charge in [0.25, 0.3) is 0 Å². The summed E-state index contributed by atoms with van der Waals surface area (Å²) in [6, 6.07) is 0.429. The molecule has 2 aromatic rings. The van der Waals surface area contributed by atoms with E-state index >= 15 is 0 Å². The second kappa shape index (κ2) is 3.92. The normalized spacial score (nSPS) is 15.2. The average Bonchev–Trinajstić information content (AvgIpc) is 3.03. The van der Waals surface area contributed by atoms with Crippen LogP contribution in [0.1, 0.15) is 18.9 Å². The van der Waals surface area contributed by atoms with Crippen LogP contribution in [0.15, 0.2) is 12.5 Å². The van der Waals surface area contributed by atoms with E-state index in [1.165, 1.54) is 0 Å². The summed E-state index contributed by atoms with van der Waals surface area (Å²) < 4.78 is 15.2. The summed E-state index contributed by atoms with van der Waals surface area (Å²) >= 11 is 11.3. The molecule has 4 nitrogen and oxygen atoms in total. The van der Waals surface area contributed by atoms with Crippen LogP contribution < -0.4 is 0 Å². The molecule has 1 aliphatic rings. The summed E-state index contributed by atoms with van der Waals surface area (Å²) in [4.78, 5) is 11.8. The first-order valence-electron chi connectivity index (χ1n) is 5.07. The molecule has 0 aliphatic heterocycles.